The monoisotopic (exact) mass is 1670 g/mol. The van der Waals surface area contributed by atoms with Gasteiger partial charge in [-0.05, 0) is 235 Å². The van der Waals surface area contributed by atoms with E-state index in [1.165, 1.54) is 97.1 Å². The molecule has 602 valence electrons. The molecular formula is C88H42F24N8. The molecule has 0 amide bonds. The van der Waals surface area contributed by atoms with Crippen molar-refractivity contribution < 1.29 is 105 Å². The Morgan fingerprint density at radius 2 is 0.300 bits per heavy atom. The summed E-state index contributed by atoms with van der Waals surface area (Å²) in [5.74, 6) is -2.05. The second-order valence-corrected chi connectivity index (χ2v) is 28.0. The fourth-order valence-corrected chi connectivity index (χ4v) is 14.8. The molecule has 8 nitrogen and oxygen atoms in total. The first kappa shape index (κ1) is 78.8. The molecule has 0 spiro atoms. The molecule has 2 aliphatic rings. The number of nitrogens with zero attached hydrogens (tertiary/aromatic N) is 6. The van der Waals surface area contributed by atoms with E-state index in [1.807, 2.05) is 0 Å². The highest BCUT2D eigenvalue weighted by molar-refractivity contribution is 6.12. The Hall–Kier alpha value is -13.7. The van der Waals surface area contributed by atoms with Gasteiger partial charge in [0, 0.05) is 43.8 Å². The Kier molecular flexibility index (Phi) is 18.4. The second kappa shape index (κ2) is 28.0. The van der Waals surface area contributed by atoms with Crippen LogP contribution in [-0.2, 0) is 49.4 Å². The summed E-state index contributed by atoms with van der Waals surface area (Å²) in [7, 11) is 0. The van der Waals surface area contributed by atoms with Crippen molar-refractivity contribution in [3.63, 3.8) is 0 Å². The van der Waals surface area contributed by atoms with Crippen molar-refractivity contribution in [3.05, 3.63) is 287 Å². The van der Waals surface area contributed by atoms with Crippen molar-refractivity contribution in [3.8, 4) is 135 Å². The van der Waals surface area contributed by atoms with Gasteiger partial charge >= 0.3 is 49.4 Å². The van der Waals surface area contributed by atoms with Crippen LogP contribution in [0.15, 0.2) is 243 Å². The molecule has 0 aliphatic carbocycles. The van der Waals surface area contributed by atoms with Gasteiger partial charge in [0.1, 0.15) is 22.6 Å². The number of alkyl halides is 24. The highest BCUT2D eigenvalue weighted by Crippen LogP contribution is 2.52. The van der Waals surface area contributed by atoms with Crippen molar-refractivity contribution >= 4 is 44.1 Å². The van der Waals surface area contributed by atoms with Gasteiger partial charge in [-0.1, -0.05) is 97.1 Å². The average Bonchev–Trinajstić information content (AvgIpc) is 1.59. The maximum Gasteiger partial charge on any atom is 0.416 e. The minimum absolute atomic E-state index is 0.190. The number of H-pyrrole nitrogens is 2. The minimum atomic E-state index is -5.05. The Morgan fingerprint density at radius 3 is 0.442 bits per heavy atom. The molecule has 12 aromatic carbocycles. The van der Waals surface area contributed by atoms with Gasteiger partial charge in [0.2, 0.25) is 0 Å². The Bertz CT molecular complexity index is 6120. The number of rotatable bonds is 8. The maximum absolute atomic E-state index is 14.9. The first-order valence-corrected chi connectivity index (χ1v) is 35.4. The molecule has 8 bridgehead atoms. The van der Waals surface area contributed by atoms with E-state index in [0.717, 1.165) is 48.5 Å². The lowest BCUT2D eigenvalue weighted by atomic mass is 9.89. The highest BCUT2D eigenvalue weighted by Gasteiger charge is 2.40. The SMILES string of the molecule is FC(F)(F)c1cccc(-c2cc3c(cc2-c2cccc(C(F)(F)F)c2)-c2nc-3nc3[nH]c(nc4nc(nc5[nH]c(n2)c2cc(-c6cccc(C(F)(F)F)c6)c(-c6cccc(C(F)(F)F)c6)cc52)-c2cc(-c5cccc(C(F)(F)F)c5)c(-c5cccc(C(F)(F)F)c5)cc2-4)c2cc(-c4cccc(C(F)(F)F)c4)c(-c4cccc(C(F)(F)F)c4)cc32)c1. The molecule has 3 aromatic heterocycles. The van der Waals surface area contributed by atoms with E-state index in [9.17, 15) is 105 Å². The molecule has 5 heterocycles. The number of nitrogens with one attached hydrogen (secondary N) is 2. The van der Waals surface area contributed by atoms with Gasteiger partial charge in [0.15, 0.2) is 23.3 Å². The predicted octanol–water partition coefficient (Wildman–Crippen LogP) is 28.4. The lowest BCUT2D eigenvalue weighted by Gasteiger charge is -2.16. The summed E-state index contributed by atoms with van der Waals surface area (Å²) < 4.78 is 357. The molecule has 0 saturated carbocycles. The maximum atomic E-state index is 14.9. The number of fused-ring (bicyclic) bond motifs is 20. The smallest absolute Gasteiger partial charge is 0.324 e. The Labute approximate surface area is 657 Å². The van der Waals surface area contributed by atoms with Crippen molar-refractivity contribution in [1.29, 1.82) is 0 Å². The number of aromatic amines is 2. The van der Waals surface area contributed by atoms with Crippen LogP contribution < -0.4 is 0 Å². The van der Waals surface area contributed by atoms with Crippen molar-refractivity contribution in [2.45, 2.75) is 49.4 Å². The van der Waals surface area contributed by atoms with Crippen LogP contribution in [0.4, 0.5) is 105 Å². The molecule has 0 radical (unpaired) electrons. The summed E-state index contributed by atoms with van der Waals surface area (Å²) in [6, 6.07) is 38.5. The van der Waals surface area contributed by atoms with Crippen molar-refractivity contribution in [2.75, 3.05) is 0 Å². The van der Waals surface area contributed by atoms with E-state index < -0.39 is 140 Å². The van der Waals surface area contributed by atoms with Crippen molar-refractivity contribution in [2.24, 2.45) is 0 Å². The van der Waals surface area contributed by atoms with Gasteiger partial charge < -0.3 is 9.97 Å². The van der Waals surface area contributed by atoms with Crippen LogP contribution in [0.3, 0.4) is 0 Å². The van der Waals surface area contributed by atoms with E-state index in [-0.39, 0.29) is 133 Å². The van der Waals surface area contributed by atoms with Gasteiger partial charge in [-0.3, -0.25) is 0 Å². The Balaban J connectivity index is 1.08. The fraction of sp³-hybridized carbons (Fsp3) is 0.0909. The van der Waals surface area contributed by atoms with E-state index >= 15 is 0 Å². The van der Waals surface area contributed by atoms with E-state index in [2.05, 4.69) is 9.97 Å². The molecule has 0 saturated heterocycles. The molecule has 0 unspecified atom stereocenters. The van der Waals surface area contributed by atoms with Crippen molar-refractivity contribution in [1.82, 2.24) is 39.9 Å². The summed E-state index contributed by atoms with van der Waals surface area (Å²) in [5, 5.41) is -0.759. The van der Waals surface area contributed by atoms with Crippen LogP contribution in [0.5, 0.6) is 0 Å². The van der Waals surface area contributed by atoms with E-state index in [1.54, 1.807) is 0 Å². The molecule has 2 N–H and O–H groups in total. The van der Waals surface area contributed by atoms with Crippen LogP contribution >= 0.6 is 0 Å². The second-order valence-electron chi connectivity index (χ2n) is 28.0. The first-order chi connectivity index (χ1) is 56.4. The Morgan fingerprint density at radius 1 is 0.158 bits per heavy atom. The number of hydrogen-bond acceptors (Lipinski definition) is 6. The number of hydrogen-bond donors (Lipinski definition) is 2. The van der Waals surface area contributed by atoms with E-state index in [0.29, 0.717) is 97.1 Å². The highest BCUT2D eigenvalue weighted by atomic mass is 19.4. The van der Waals surface area contributed by atoms with Crippen LogP contribution in [0.1, 0.15) is 44.5 Å². The van der Waals surface area contributed by atoms with Crippen LogP contribution in [-0.4, -0.2) is 39.9 Å². The van der Waals surface area contributed by atoms with Gasteiger partial charge in [-0.2, -0.15) is 105 Å². The number of benzene rings is 12. The van der Waals surface area contributed by atoms with Crippen LogP contribution in [0.25, 0.3) is 179 Å². The third-order valence-electron chi connectivity index (χ3n) is 20.4. The zero-order valence-electron chi connectivity index (χ0n) is 59.8. The van der Waals surface area contributed by atoms with Gasteiger partial charge in [-0.25, -0.2) is 29.9 Å². The lowest BCUT2D eigenvalue weighted by Crippen LogP contribution is -2.05. The van der Waals surface area contributed by atoms with Crippen LogP contribution in [0, 0.1) is 0 Å². The lowest BCUT2D eigenvalue weighted by molar-refractivity contribution is -0.138. The summed E-state index contributed by atoms with van der Waals surface area (Å²) in [4.78, 5) is 35.8. The van der Waals surface area contributed by atoms with Gasteiger partial charge in [0.05, 0.1) is 44.5 Å². The fourth-order valence-electron chi connectivity index (χ4n) is 14.8. The zero-order chi connectivity index (χ0) is 85.0. The topological polar surface area (TPSA) is 109 Å². The van der Waals surface area contributed by atoms with Gasteiger partial charge in [0.25, 0.3) is 0 Å². The predicted molar refractivity (Wildman–Crippen MR) is 400 cm³/mol. The molecule has 2 aliphatic heterocycles. The number of aromatic nitrogens is 8. The quantitative estimate of drug-likeness (QED) is 0.147. The normalized spacial score (nSPS) is 13.0. The first-order valence-electron chi connectivity index (χ1n) is 35.4. The molecule has 0 fully saturated rings. The third-order valence-corrected chi connectivity index (χ3v) is 20.4. The molecule has 32 heteroatoms. The zero-order valence-corrected chi connectivity index (χ0v) is 59.8. The third kappa shape index (κ3) is 14.8. The molecule has 120 heavy (non-hydrogen) atoms. The van der Waals surface area contributed by atoms with Gasteiger partial charge in [-0.15, -0.1) is 0 Å². The summed E-state index contributed by atoms with van der Waals surface area (Å²) >= 11 is 0. The standard InChI is InChI=1S/C88H42F24N8/c89-81(90,91)49-17-1-9-41(25-49)57-33-65-66(34-58(57)42-10-2-18-50(26-42)82(92,93)94)74-113-73(65)117-75-67-35-59(43-11-3-19-51(27-43)83(95,96)97)60(44-12-4-20-52(28-44)84(98,99)100)36-68(67)77(114-75)119-79-71-39-63(47-15-7-23-55(31-47)87(107,108)109)64(48-16-8-24-56(32-48)88(110,111)112)40-72(71)80(116-79)120-78-70-38-62(46-14-6-22-54(30-46)86(104,105)106)61(37-69(70)76(115-78)118-74)45-13-5-21-53(29-45)85(101,102)103/h1-40H,(H2,113,114,115,116,117,118,119,120). The number of halogens is 24. The minimum Gasteiger partial charge on any atom is -0.324 e. The average molecular weight is 1670 g/mol. The molecule has 0 atom stereocenters. The van der Waals surface area contributed by atoms with Crippen LogP contribution in [0.2, 0.25) is 0 Å². The van der Waals surface area contributed by atoms with E-state index in [4.69, 9.17) is 29.9 Å². The summed E-state index contributed by atoms with van der Waals surface area (Å²) in [5.41, 5.74) is -16.6. The summed E-state index contributed by atoms with van der Waals surface area (Å²) in [6.07, 6.45) is -40.4. The molecule has 15 aromatic rings. The molecule has 17 rings (SSSR count). The molecular weight excluding hydrogens is 1620 g/mol. The largest absolute Gasteiger partial charge is 0.416 e. The summed E-state index contributed by atoms with van der Waals surface area (Å²) in [6.45, 7) is 0.